The molecule has 0 aliphatic heterocycles. The molecular weight excluding hydrogens is 371 g/mol. The minimum absolute atomic E-state index is 0.0226. The average Bonchev–Trinajstić information content (AvgIpc) is 2.42. The maximum Gasteiger partial charge on any atom is 0.387 e. The number of hydrogen-bond donors (Lipinski definition) is 1. The van der Waals surface area contributed by atoms with E-state index in [1.165, 1.54) is 30.3 Å². The molecule has 0 fully saturated rings. The van der Waals surface area contributed by atoms with Crippen molar-refractivity contribution >= 4 is 33.2 Å². The van der Waals surface area contributed by atoms with E-state index in [2.05, 4.69) is 26.0 Å². The second kappa shape index (κ2) is 7.04. The van der Waals surface area contributed by atoms with Gasteiger partial charge in [-0.15, -0.1) is 0 Å². The van der Waals surface area contributed by atoms with Gasteiger partial charge < -0.3 is 10.1 Å². The van der Waals surface area contributed by atoms with E-state index in [9.17, 15) is 13.2 Å². The standard InChI is InChI=1S/C14H10BrClF3NO/c15-11-3-2-10(17)6-12(11)20-7-8-5-9(16)1-4-13(8)21-14(18)19/h1-6,14,20H,7H2. The van der Waals surface area contributed by atoms with Crippen molar-refractivity contribution in [2.45, 2.75) is 13.2 Å². The lowest BCUT2D eigenvalue weighted by atomic mass is 10.2. The van der Waals surface area contributed by atoms with E-state index in [4.69, 9.17) is 11.6 Å². The van der Waals surface area contributed by atoms with Crippen LogP contribution in [0.1, 0.15) is 5.56 Å². The molecule has 0 heterocycles. The molecule has 2 nitrogen and oxygen atoms in total. The van der Waals surface area contributed by atoms with Crippen LogP contribution in [0.2, 0.25) is 5.02 Å². The first-order valence-electron chi connectivity index (χ1n) is 5.88. The topological polar surface area (TPSA) is 21.3 Å². The molecule has 0 saturated heterocycles. The third-order valence-electron chi connectivity index (χ3n) is 2.64. The fourth-order valence-corrected chi connectivity index (χ4v) is 2.30. The number of benzene rings is 2. The van der Waals surface area contributed by atoms with E-state index in [1.54, 1.807) is 6.07 Å². The van der Waals surface area contributed by atoms with Gasteiger partial charge in [0.05, 0.1) is 5.69 Å². The van der Waals surface area contributed by atoms with Gasteiger partial charge in [0.1, 0.15) is 11.6 Å². The molecule has 0 saturated carbocycles. The van der Waals surface area contributed by atoms with Gasteiger partial charge >= 0.3 is 6.61 Å². The first-order valence-corrected chi connectivity index (χ1v) is 7.05. The fourth-order valence-electron chi connectivity index (χ4n) is 1.72. The second-order valence-corrected chi connectivity index (χ2v) is 5.40. The molecule has 2 aromatic rings. The van der Waals surface area contributed by atoms with Crippen LogP contribution < -0.4 is 10.1 Å². The smallest absolute Gasteiger partial charge is 0.387 e. The van der Waals surface area contributed by atoms with Gasteiger partial charge in [-0.1, -0.05) is 11.6 Å². The van der Waals surface area contributed by atoms with Gasteiger partial charge in [-0.2, -0.15) is 8.78 Å². The highest BCUT2D eigenvalue weighted by Gasteiger charge is 2.11. The van der Waals surface area contributed by atoms with Crippen molar-refractivity contribution in [3.8, 4) is 5.75 Å². The summed E-state index contributed by atoms with van der Waals surface area (Å²) in [4.78, 5) is 0. The maximum absolute atomic E-state index is 13.2. The maximum atomic E-state index is 13.2. The number of halogens is 5. The Labute approximate surface area is 133 Å². The second-order valence-electron chi connectivity index (χ2n) is 4.11. The Balaban J connectivity index is 2.18. The van der Waals surface area contributed by atoms with Crippen molar-refractivity contribution in [1.29, 1.82) is 0 Å². The quantitative estimate of drug-likeness (QED) is 0.744. The summed E-state index contributed by atoms with van der Waals surface area (Å²) in [6.07, 6.45) is 0. The summed E-state index contributed by atoms with van der Waals surface area (Å²) < 4.78 is 43.0. The van der Waals surface area contributed by atoms with Gasteiger partial charge in [-0.3, -0.25) is 0 Å². The van der Waals surface area contributed by atoms with Gasteiger partial charge in [0.2, 0.25) is 0 Å². The van der Waals surface area contributed by atoms with E-state index < -0.39 is 12.4 Å². The first kappa shape index (κ1) is 16.0. The minimum atomic E-state index is -2.93. The van der Waals surface area contributed by atoms with E-state index in [0.717, 1.165) is 0 Å². The highest BCUT2D eigenvalue weighted by atomic mass is 79.9. The first-order chi connectivity index (χ1) is 9.95. The normalized spacial score (nSPS) is 10.8. The zero-order chi connectivity index (χ0) is 15.4. The summed E-state index contributed by atoms with van der Waals surface area (Å²) in [6, 6.07) is 8.49. The number of nitrogens with one attached hydrogen (secondary N) is 1. The van der Waals surface area contributed by atoms with E-state index >= 15 is 0 Å². The molecule has 0 bridgehead atoms. The third kappa shape index (κ3) is 4.54. The molecule has 0 radical (unpaired) electrons. The molecule has 0 aliphatic rings. The summed E-state index contributed by atoms with van der Waals surface area (Å²) in [5.41, 5.74) is 0.942. The Kier molecular flexibility index (Phi) is 5.36. The SMILES string of the molecule is Fc1ccc(Br)c(NCc2cc(Cl)ccc2OC(F)F)c1. The lowest BCUT2D eigenvalue weighted by Crippen LogP contribution is -2.07. The fraction of sp³-hybridized carbons (Fsp3) is 0.143. The Morgan fingerprint density at radius 1 is 1.19 bits per heavy atom. The zero-order valence-electron chi connectivity index (χ0n) is 10.5. The van der Waals surface area contributed by atoms with Crippen LogP contribution in [-0.2, 0) is 6.54 Å². The van der Waals surface area contributed by atoms with Gasteiger partial charge in [0, 0.05) is 21.6 Å². The highest BCUT2D eigenvalue weighted by Crippen LogP contribution is 2.28. The lowest BCUT2D eigenvalue weighted by molar-refractivity contribution is -0.0504. The molecule has 0 aliphatic carbocycles. The summed E-state index contributed by atoms with van der Waals surface area (Å²) in [5, 5.41) is 3.34. The van der Waals surface area contributed by atoms with Crippen LogP contribution >= 0.6 is 27.5 Å². The van der Waals surface area contributed by atoms with Crippen molar-refractivity contribution < 1.29 is 17.9 Å². The van der Waals surface area contributed by atoms with Crippen LogP contribution in [-0.4, -0.2) is 6.61 Å². The van der Waals surface area contributed by atoms with Gasteiger partial charge in [0.15, 0.2) is 0 Å². The predicted octanol–water partition coefficient (Wildman–Crippen LogP) is 5.46. The van der Waals surface area contributed by atoms with Crippen LogP contribution in [0.3, 0.4) is 0 Å². The molecule has 0 spiro atoms. The molecule has 0 amide bonds. The molecule has 2 rings (SSSR count). The van der Waals surface area contributed by atoms with Crippen molar-refractivity contribution in [2.75, 3.05) is 5.32 Å². The Morgan fingerprint density at radius 2 is 1.95 bits per heavy atom. The number of hydrogen-bond acceptors (Lipinski definition) is 2. The van der Waals surface area contributed by atoms with Gasteiger partial charge in [-0.25, -0.2) is 4.39 Å². The highest BCUT2D eigenvalue weighted by molar-refractivity contribution is 9.10. The molecule has 21 heavy (non-hydrogen) atoms. The van der Waals surface area contributed by atoms with Crippen LogP contribution in [0.5, 0.6) is 5.75 Å². The van der Waals surface area contributed by atoms with Crippen LogP contribution in [0, 0.1) is 5.82 Å². The van der Waals surface area contributed by atoms with Gasteiger partial charge in [-0.05, 0) is 52.3 Å². The van der Waals surface area contributed by atoms with E-state index in [-0.39, 0.29) is 12.3 Å². The van der Waals surface area contributed by atoms with Crippen molar-refractivity contribution in [3.05, 3.63) is 57.3 Å². The Bertz CT molecular complexity index is 640. The minimum Gasteiger partial charge on any atom is -0.434 e. The summed E-state index contributed by atoms with van der Waals surface area (Å²) in [5.74, 6) is -0.384. The lowest BCUT2D eigenvalue weighted by Gasteiger charge is -2.13. The molecule has 7 heteroatoms. The average molecular weight is 381 g/mol. The summed E-state index contributed by atoms with van der Waals surface area (Å²) >= 11 is 9.12. The van der Waals surface area contributed by atoms with Crippen molar-refractivity contribution in [1.82, 2.24) is 0 Å². The number of rotatable bonds is 5. The zero-order valence-corrected chi connectivity index (χ0v) is 12.9. The van der Waals surface area contributed by atoms with Crippen LogP contribution in [0.15, 0.2) is 40.9 Å². The van der Waals surface area contributed by atoms with E-state index in [1.807, 2.05) is 0 Å². The number of ether oxygens (including phenoxy) is 1. The molecule has 0 unspecified atom stereocenters. The molecule has 112 valence electrons. The van der Waals surface area contributed by atoms with Crippen LogP contribution in [0.25, 0.3) is 0 Å². The van der Waals surface area contributed by atoms with Gasteiger partial charge in [0.25, 0.3) is 0 Å². The number of alkyl halides is 2. The number of anilines is 1. The molecule has 0 atom stereocenters. The summed E-state index contributed by atoms with van der Waals surface area (Å²) in [7, 11) is 0. The molecule has 0 aromatic heterocycles. The largest absolute Gasteiger partial charge is 0.434 e. The predicted molar refractivity (Wildman–Crippen MR) is 79.5 cm³/mol. The molecular formula is C14H10BrClF3NO. The van der Waals surface area contributed by atoms with E-state index in [0.29, 0.717) is 20.7 Å². The summed E-state index contributed by atoms with van der Waals surface area (Å²) in [6.45, 7) is -2.77. The molecule has 2 aromatic carbocycles. The monoisotopic (exact) mass is 379 g/mol. The Morgan fingerprint density at radius 3 is 2.67 bits per heavy atom. The van der Waals surface area contributed by atoms with Crippen LogP contribution in [0.4, 0.5) is 18.9 Å². The molecule has 1 N–H and O–H groups in total. The third-order valence-corrected chi connectivity index (χ3v) is 3.56. The Hall–Kier alpha value is -1.40. The van der Waals surface area contributed by atoms with Crippen molar-refractivity contribution in [3.63, 3.8) is 0 Å². The van der Waals surface area contributed by atoms with Crippen molar-refractivity contribution in [2.24, 2.45) is 0 Å².